The van der Waals surface area contributed by atoms with Crippen molar-refractivity contribution in [2.75, 3.05) is 0 Å². The van der Waals surface area contributed by atoms with Crippen molar-refractivity contribution in [2.45, 2.75) is 25.0 Å². The molecule has 11 heteroatoms. The fraction of sp³-hybridized carbons (Fsp3) is 0.333. The number of alkyl halides is 6. The zero-order valence-electron chi connectivity index (χ0n) is 11.0. The number of hydrogen-bond donors (Lipinski definition) is 2. The number of carboxylic acid groups (broad SMARTS) is 1. The van der Waals surface area contributed by atoms with E-state index in [1.54, 1.807) is 5.32 Å². The Morgan fingerprint density at radius 2 is 1.61 bits per heavy atom. The van der Waals surface area contributed by atoms with Crippen LogP contribution in [0.3, 0.4) is 0 Å². The van der Waals surface area contributed by atoms with Crippen molar-refractivity contribution >= 4 is 11.9 Å². The summed E-state index contributed by atoms with van der Waals surface area (Å²) in [5, 5.41) is 10.3. The van der Waals surface area contributed by atoms with Gasteiger partial charge in [-0.05, 0) is 24.3 Å². The van der Waals surface area contributed by atoms with Crippen LogP contribution in [0.15, 0.2) is 24.3 Å². The molecule has 1 aromatic carbocycles. The van der Waals surface area contributed by atoms with Crippen molar-refractivity contribution in [3.63, 3.8) is 0 Å². The van der Waals surface area contributed by atoms with E-state index >= 15 is 0 Å². The Balaban J connectivity index is 2.78. The van der Waals surface area contributed by atoms with Crippen LogP contribution >= 0.6 is 0 Å². The highest BCUT2D eigenvalue weighted by molar-refractivity contribution is 5.96. The van der Waals surface area contributed by atoms with Crippen molar-refractivity contribution in [1.82, 2.24) is 5.32 Å². The van der Waals surface area contributed by atoms with Crippen molar-refractivity contribution < 1.29 is 45.8 Å². The van der Waals surface area contributed by atoms with Gasteiger partial charge in [0, 0.05) is 5.56 Å². The molecule has 0 spiro atoms. The minimum Gasteiger partial charge on any atom is -0.480 e. The Morgan fingerprint density at radius 1 is 1.09 bits per heavy atom. The van der Waals surface area contributed by atoms with Crippen LogP contribution in [0.5, 0.6) is 5.75 Å². The molecule has 0 radical (unpaired) electrons. The molecule has 0 aliphatic carbocycles. The van der Waals surface area contributed by atoms with Crippen molar-refractivity contribution in [2.24, 2.45) is 0 Å². The Hall–Kier alpha value is -2.46. The first-order chi connectivity index (χ1) is 10.4. The molecule has 2 N–H and O–H groups in total. The van der Waals surface area contributed by atoms with E-state index in [0.717, 1.165) is 24.3 Å². The molecule has 128 valence electrons. The second-order valence-corrected chi connectivity index (χ2v) is 4.26. The summed E-state index contributed by atoms with van der Waals surface area (Å²) >= 11 is 0. The van der Waals surface area contributed by atoms with Crippen LogP contribution in [0.4, 0.5) is 26.3 Å². The average Bonchev–Trinajstić information content (AvgIpc) is 2.35. The monoisotopic (exact) mass is 345 g/mol. The molecular formula is C12H9F6NO4. The molecule has 1 atom stereocenters. The highest BCUT2D eigenvalue weighted by Crippen LogP contribution is 2.24. The minimum absolute atomic E-state index is 0.326. The summed E-state index contributed by atoms with van der Waals surface area (Å²) in [6.07, 6.45) is -11.5. The first kappa shape index (κ1) is 18.6. The first-order valence-corrected chi connectivity index (χ1v) is 5.83. The largest absolute Gasteiger partial charge is 0.573 e. The standard InChI is InChI=1S/C12H9F6NO4/c13-11(14,15)5-8(10(21)22)19-9(20)6-1-3-7(4-2-6)23-12(16,17)18/h1-4,8H,5H2,(H,19,20)(H,21,22). The summed E-state index contributed by atoms with van der Waals surface area (Å²) in [7, 11) is 0. The number of carboxylic acids is 1. The molecule has 1 rings (SSSR count). The van der Waals surface area contributed by atoms with Gasteiger partial charge in [-0.25, -0.2) is 4.79 Å². The van der Waals surface area contributed by atoms with E-state index in [1.165, 1.54) is 0 Å². The highest BCUT2D eigenvalue weighted by Gasteiger charge is 2.36. The maximum atomic E-state index is 12.2. The summed E-state index contributed by atoms with van der Waals surface area (Å²) in [5.41, 5.74) is -0.326. The molecule has 0 saturated carbocycles. The number of benzene rings is 1. The van der Waals surface area contributed by atoms with Crippen LogP contribution in [-0.4, -0.2) is 35.6 Å². The van der Waals surface area contributed by atoms with Crippen molar-refractivity contribution in [1.29, 1.82) is 0 Å². The summed E-state index contributed by atoms with van der Waals surface area (Å²) in [4.78, 5) is 22.3. The number of hydrogen-bond acceptors (Lipinski definition) is 3. The fourth-order valence-corrected chi connectivity index (χ4v) is 1.48. The topological polar surface area (TPSA) is 75.6 Å². The van der Waals surface area contributed by atoms with Crippen molar-refractivity contribution in [3.8, 4) is 5.75 Å². The molecule has 0 saturated heterocycles. The summed E-state index contributed by atoms with van der Waals surface area (Å²) < 4.78 is 76.0. The Labute approximate surface area is 124 Å². The molecule has 0 aliphatic rings. The molecule has 0 aliphatic heterocycles. The Kier molecular flexibility index (Phi) is 5.46. The molecule has 0 fully saturated rings. The van der Waals surface area contributed by atoms with Crippen LogP contribution in [-0.2, 0) is 4.79 Å². The van der Waals surface area contributed by atoms with E-state index in [4.69, 9.17) is 5.11 Å². The molecule has 23 heavy (non-hydrogen) atoms. The third-order valence-corrected chi connectivity index (χ3v) is 2.39. The van der Waals surface area contributed by atoms with Gasteiger partial charge in [-0.1, -0.05) is 0 Å². The summed E-state index contributed by atoms with van der Waals surface area (Å²) in [6, 6.07) is 1.02. The molecule has 0 bridgehead atoms. The molecular weight excluding hydrogens is 336 g/mol. The quantitative estimate of drug-likeness (QED) is 0.805. The predicted molar refractivity (Wildman–Crippen MR) is 62.7 cm³/mol. The van der Waals surface area contributed by atoms with Gasteiger partial charge in [0.15, 0.2) is 0 Å². The Morgan fingerprint density at radius 3 is 2.00 bits per heavy atom. The van der Waals surface area contributed by atoms with E-state index in [9.17, 15) is 35.9 Å². The van der Waals surface area contributed by atoms with Gasteiger partial charge in [0.1, 0.15) is 11.8 Å². The van der Waals surface area contributed by atoms with Gasteiger partial charge in [-0.15, -0.1) is 13.2 Å². The predicted octanol–water partition coefficient (Wildman–Crippen LogP) is 2.72. The molecule has 1 unspecified atom stereocenters. The zero-order valence-corrected chi connectivity index (χ0v) is 11.0. The van der Waals surface area contributed by atoms with Gasteiger partial charge >= 0.3 is 18.5 Å². The fourth-order valence-electron chi connectivity index (χ4n) is 1.48. The smallest absolute Gasteiger partial charge is 0.480 e. The van der Waals surface area contributed by atoms with E-state index in [-0.39, 0.29) is 5.56 Å². The highest BCUT2D eigenvalue weighted by atomic mass is 19.4. The molecule has 5 nitrogen and oxygen atoms in total. The van der Waals surface area contributed by atoms with Crippen LogP contribution in [0.25, 0.3) is 0 Å². The number of halogens is 6. The molecule has 0 aromatic heterocycles. The Bertz CT molecular complexity index is 566. The number of carbonyl (C=O) groups excluding carboxylic acids is 1. The first-order valence-electron chi connectivity index (χ1n) is 5.83. The third kappa shape index (κ3) is 6.89. The van der Waals surface area contributed by atoms with Gasteiger partial charge in [-0.2, -0.15) is 13.2 Å². The normalized spacial score (nSPS) is 13.3. The lowest BCUT2D eigenvalue weighted by atomic mass is 10.1. The number of amides is 1. The van der Waals surface area contributed by atoms with Gasteiger partial charge < -0.3 is 15.2 Å². The van der Waals surface area contributed by atoms with E-state index < -0.39 is 42.6 Å². The van der Waals surface area contributed by atoms with Gasteiger partial charge in [0.2, 0.25) is 0 Å². The number of nitrogens with one attached hydrogen (secondary N) is 1. The average molecular weight is 345 g/mol. The third-order valence-electron chi connectivity index (χ3n) is 2.39. The van der Waals surface area contributed by atoms with Crippen molar-refractivity contribution in [3.05, 3.63) is 29.8 Å². The number of carbonyl (C=O) groups is 2. The second kappa shape index (κ2) is 6.75. The van der Waals surface area contributed by atoms with E-state index in [2.05, 4.69) is 4.74 Å². The van der Waals surface area contributed by atoms with Gasteiger partial charge in [-0.3, -0.25) is 4.79 Å². The molecule has 1 aromatic rings. The number of ether oxygens (including phenoxy) is 1. The minimum atomic E-state index is -4.94. The maximum absolute atomic E-state index is 12.2. The van der Waals surface area contributed by atoms with Gasteiger partial charge in [0.05, 0.1) is 6.42 Å². The van der Waals surface area contributed by atoms with Gasteiger partial charge in [0.25, 0.3) is 5.91 Å². The van der Waals surface area contributed by atoms with Crippen LogP contribution < -0.4 is 10.1 Å². The lowest BCUT2D eigenvalue weighted by molar-refractivity contribution is -0.274. The number of rotatable bonds is 5. The summed E-state index contributed by atoms with van der Waals surface area (Å²) in [6.45, 7) is 0. The molecule has 0 heterocycles. The van der Waals surface area contributed by atoms with Crippen LogP contribution in [0.1, 0.15) is 16.8 Å². The lowest BCUT2D eigenvalue weighted by Crippen LogP contribution is -2.43. The van der Waals surface area contributed by atoms with E-state index in [1.807, 2.05) is 0 Å². The second-order valence-electron chi connectivity index (χ2n) is 4.26. The summed E-state index contributed by atoms with van der Waals surface area (Å²) in [5.74, 6) is -3.72. The van der Waals surface area contributed by atoms with Crippen LogP contribution in [0, 0.1) is 0 Å². The number of aliphatic carboxylic acids is 1. The van der Waals surface area contributed by atoms with Crippen LogP contribution in [0.2, 0.25) is 0 Å². The maximum Gasteiger partial charge on any atom is 0.573 e. The molecule has 1 amide bonds. The van der Waals surface area contributed by atoms with E-state index in [0.29, 0.717) is 0 Å². The SMILES string of the molecule is O=C(NC(CC(F)(F)F)C(=O)O)c1ccc(OC(F)(F)F)cc1. The lowest BCUT2D eigenvalue weighted by Gasteiger charge is -2.16. The zero-order chi connectivity index (χ0) is 17.8.